The van der Waals surface area contributed by atoms with E-state index in [1.165, 1.54) is 6.42 Å². The van der Waals surface area contributed by atoms with Crippen LogP contribution in [0.15, 0.2) is 0 Å². The van der Waals surface area contributed by atoms with E-state index in [9.17, 15) is 4.79 Å². The third kappa shape index (κ3) is 0.732. The Bertz CT molecular complexity index is 234. The van der Waals surface area contributed by atoms with Gasteiger partial charge in [0.05, 0.1) is 0 Å². The predicted molar refractivity (Wildman–Crippen MR) is 47.6 cm³/mol. The summed E-state index contributed by atoms with van der Waals surface area (Å²) in [5.74, 6) is 0.534. The predicted octanol–water partition coefficient (Wildman–Crippen LogP) is 1.56. The first kappa shape index (κ1) is 8.09. The molecule has 1 amide bonds. The first-order valence-electron chi connectivity index (χ1n) is 4.75. The molecular weight excluding hydrogens is 150 g/mol. The fourth-order valence-corrected chi connectivity index (χ4v) is 2.75. The average Bonchev–Trinajstić information content (AvgIpc) is 2.16. The maximum Gasteiger partial charge on any atom is 0.223 e. The molecule has 2 rings (SSSR count). The zero-order valence-electron chi connectivity index (χ0n) is 8.11. The molecule has 1 unspecified atom stereocenters. The lowest BCUT2D eigenvalue weighted by Crippen LogP contribution is -2.53. The number of nitrogens with one attached hydrogen (secondary N) is 1. The van der Waals surface area contributed by atoms with Crippen LogP contribution in [0.3, 0.4) is 0 Å². The smallest absolute Gasteiger partial charge is 0.223 e. The van der Waals surface area contributed by atoms with Gasteiger partial charge in [0.15, 0.2) is 0 Å². The van der Waals surface area contributed by atoms with Crippen molar-refractivity contribution in [1.82, 2.24) is 5.32 Å². The molecule has 0 aromatic rings. The molecule has 2 atom stereocenters. The van der Waals surface area contributed by atoms with Crippen molar-refractivity contribution in [2.45, 2.75) is 33.6 Å². The van der Waals surface area contributed by atoms with Gasteiger partial charge in [-0.2, -0.15) is 0 Å². The third-order valence-electron chi connectivity index (χ3n) is 4.38. The summed E-state index contributed by atoms with van der Waals surface area (Å²) in [6.07, 6.45) is 2.28. The van der Waals surface area contributed by atoms with E-state index in [0.29, 0.717) is 5.41 Å². The van der Waals surface area contributed by atoms with Crippen LogP contribution in [-0.2, 0) is 4.79 Å². The van der Waals surface area contributed by atoms with E-state index in [0.717, 1.165) is 13.0 Å². The highest BCUT2D eigenvalue weighted by molar-refractivity contribution is 5.81. The lowest BCUT2D eigenvalue weighted by Gasteiger charge is -2.45. The number of carbonyl (C=O) groups is 1. The number of piperidine rings is 1. The van der Waals surface area contributed by atoms with Crippen LogP contribution in [-0.4, -0.2) is 12.5 Å². The van der Waals surface area contributed by atoms with E-state index < -0.39 is 0 Å². The molecule has 0 radical (unpaired) electrons. The highest BCUT2D eigenvalue weighted by Gasteiger charge is 2.56. The van der Waals surface area contributed by atoms with Crippen molar-refractivity contribution >= 4 is 5.91 Å². The molecule has 0 spiro atoms. The molecule has 2 fully saturated rings. The van der Waals surface area contributed by atoms with Crippen molar-refractivity contribution in [3.63, 3.8) is 0 Å². The maximum absolute atomic E-state index is 11.5. The van der Waals surface area contributed by atoms with Crippen LogP contribution >= 0.6 is 0 Å². The summed E-state index contributed by atoms with van der Waals surface area (Å²) in [4.78, 5) is 11.5. The number of carbonyl (C=O) groups excluding carboxylic acids is 1. The molecule has 2 bridgehead atoms. The summed E-state index contributed by atoms with van der Waals surface area (Å²) in [6, 6.07) is 0. The Labute approximate surface area is 73.7 Å². The van der Waals surface area contributed by atoms with Crippen LogP contribution < -0.4 is 5.32 Å². The highest BCUT2D eigenvalue weighted by atomic mass is 16.2. The van der Waals surface area contributed by atoms with Crippen LogP contribution in [0.5, 0.6) is 0 Å². The molecule has 1 saturated heterocycles. The van der Waals surface area contributed by atoms with Gasteiger partial charge in [0.2, 0.25) is 5.91 Å². The van der Waals surface area contributed by atoms with E-state index in [-0.39, 0.29) is 17.2 Å². The minimum Gasteiger partial charge on any atom is -0.355 e. The molecule has 0 aromatic heterocycles. The van der Waals surface area contributed by atoms with E-state index in [1.807, 2.05) is 0 Å². The van der Waals surface area contributed by atoms with E-state index in [4.69, 9.17) is 0 Å². The van der Waals surface area contributed by atoms with Crippen molar-refractivity contribution in [3.8, 4) is 0 Å². The Morgan fingerprint density at radius 2 is 2.08 bits per heavy atom. The second kappa shape index (κ2) is 2.04. The molecule has 0 aromatic carbocycles. The van der Waals surface area contributed by atoms with Gasteiger partial charge in [-0.25, -0.2) is 0 Å². The number of rotatable bonds is 0. The Morgan fingerprint density at radius 3 is 2.67 bits per heavy atom. The van der Waals surface area contributed by atoms with Crippen molar-refractivity contribution in [1.29, 1.82) is 0 Å². The molecule has 1 aliphatic carbocycles. The molecule has 2 aliphatic rings. The van der Waals surface area contributed by atoms with Crippen LogP contribution in [0.1, 0.15) is 33.6 Å². The Hall–Kier alpha value is -0.530. The van der Waals surface area contributed by atoms with Gasteiger partial charge in [-0.15, -0.1) is 0 Å². The number of hydrogen-bond donors (Lipinski definition) is 1. The average molecular weight is 167 g/mol. The molecule has 2 heteroatoms. The van der Waals surface area contributed by atoms with Gasteiger partial charge in [0.25, 0.3) is 0 Å². The quantitative estimate of drug-likeness (QED) is 0.583. The fourth-order valence-electron chi connectivity index (χ4n) is 2.75. The third-order valence-corrected chi connectivity index (χ3v) is 4.38. The van der Waals surface area contributed by atoms with Crippen molar-refractivity contribution in [2.24, 2.45) is 16.7 Å². The first-order valence-corrected chi connectivity index (χ1v) is 4.75. The molecule has 1 N–H and O–H groups in total. The maximum atomic E-state index is 11.5. The van der Waals surface area contributed by atoms with Crippen LogP contribution in [0.4, 0.5) is 0 Å². The van der Waals surface area contributed by atoms with Gasteiger partial charge in [0.1, 0.15) is 0 Å². The van der Waals surface area contributed by atoms with Crippen molar-refractivity contribution in [3.05, 3.63) is 0 Å². The lowest BCUT2D eigenvalue weighted by atomic mass is 9.63. The monoisotopic (exact) mass is 167 g/mol. The van der Waals surface area contributed by atoms with Gasteiger partial charge in [-0.3, -0.25) is 4.79 Å². The van der Waals surface area contributed by atoms with Gasteiger partial charge in [-0.1, -0.05) is 20.8 Å². The molecule has 1 saturated carbocycles. The van der Waals surface area contributed by atoms with E-state index in [1.54, 1.807) is 0 Å². The summed E-state index contributed by atoms with van der Waals surface area (Å²) in [5, 5.41) is 3.00. The van der Waals surface area contributed by atoms with E-state index >= 15 is 0 Å². The molecule has 68 valence electrons. The van der Waals surface area contributed by atoms with E-state index in [2.05, 4.69) is 26.1 Å². The lowest BCUT2D eigenvalue weighted by molar-refractivity contribution is -0.133. The van der Waals surface area contributed by atoms with Crippen molar-refractivity contribution < 1.29 is 4.79 Å². The number of hydrogen-bond acceptors (Lipinski definition) is 1. The second-order valence-corrected chi connectivity index (χ2v) is 5.09. The van der Waals surface area contributed by atoms with Gasteiger partial charge < -0.3 is 5.32 Å². The fraction of sp³-hybridized carbons (Fsp3) is 0.900. The number of amides is 1. The molecule has 2 nitrogen and oxygen atoms in total. The molecule has 1 aliphatic heterocycles. The zero-order valence-corrected chi connectivity index (χ0v) is 8.11. The first-order chi connectivity index (χ1) is 5.47. The second-order valence-electron chi connectivity index (χ2n) is 5.09. The minimum atomic E-state index is 0.204. The molecule has 1 heterocycles. The topological polar surface area (TPSA) is 29.1 Å². The van der Waals surface area contributed by atoms with Crippen molar-refractivity contribution in [2.75, 3.05) is 6.54 Å². The Balaban J connectivity index is 2.40. The van der Waals surface area contributed by atoms with Gasteiger partial charge in [-0.05, 0) is 23.7 Å². The van der Waals surface area contributed by atoms with Gasteiger partial charge in [0, 0.05) is 12.5 Å². The Morgan fingerprint density at radius 1 is 1.42 bits per heavy atom. The molecular formula is C10H17NO. The Kier molecular flexibility index (Phi) is 1.37. The SMILES string of the molecule is CC12CC[C@H](C(=O)NC1)C2(C)C. The highest BCUT2D eigenvalue weighted by Crippen LogP contribution is 2.57. The van der Waals surface area contributed by atoms with Crippen LogP contribution in [0.2, 0.25) is 0 Å². The summed E-state index contributed by atoms with van der Waals surface area (Å²) in [5.41, 5.74) is 0.543. The summed E-state index contributed by atoms with van der Waals surface area (Å²) in [7, 11) is 0. The summed E-state index contributed by atoms with van der Waals surface area (Å²) >= 11 is 0. The summed E-state index contributed by atoms with van der Waals surface area (Å²) in [6.45, 7) is 7.65. The van der Waals surface area contributed by atoms with Crippen LogP contribution in [0, 0.1) is 16.7 Å². The standard InChI is InChI=1S/C10H17NO/c1-9(2)7-4-5-10(9,3)6-11-8(7)12/h7H,4-6H2,1-3H3,(H,11,12)/t7-,10?/m1/s1. The van der Waals surface area contributed by atoms with Crippen LogP contribution in [0.25, 0.3) is 0 Å². The summed E-state index contributed by atoms with van der Waals surface area (Å²) < 4.78 is 0. The number of fused-ring (bicyclic) bond motifs is 2. The largest absolute Gasteiger partial charge is 0.355 e. The minimum absolute atomic E-state index is 0.204. The molecule has 12 heavy (non-hydrogen) atoms. The zero-order chi connectivity index (χ0) is 8.98. The van der Waals surface area contributed by atoms with Gasteiger partial charge >= 0.3 is 0 Å². The normalized spacial score (nSPS) is 44.2.